The van der Waals surface area contributed by atoms with E-state index in [2.05, 4.69) is 17.0 Å². The Hall–Kier alpha value is -0.330. The van der Waals surface area contributed by atoms with Gasteiger partial charge in [0, 0.05) is 18.1 Å². The molecule has 0 unspecified atom stereocenters. The highest BCUT2D eigenvalue weighted by atomic mass is 35.5. The van der Waals surface area contributed by atoms with Crippen molar-refractivity contribution < 1.29 is 8.42 Å². The van der Waals surface area contributed by atoms with Crippen molar-refractivity contribution in [1.29, 1.82) is 0 Å². The zero-order chi connectivity index (χ0) is 15.2. The molecule has 0 fully saturated rings. The van der Waals surface area contributed by atoms with E-state index in [0.29, 0.717) is 23.7 Å². The van der Waals surface area contributed by atoms with Crippen LogP contribution in [0, 0.1) is 0 Å². The molecule has 0 aromatic heterocycles. The Morgan fingerprint density at radius 1 is 1.20 bits per heavy atom. The lowest BCUT2D eigenvalue weighted by molar-refractivity contribution is 0.576. The second kappa shape index (κ2) is 8.20. The van der Waals surface area contributed by atoms with Crippen LogP contribution in [0.3, 0.4) is 0 Å². The molecule has 0 aliphatic rings. The zero-order valence-electron chi connectivity index (χ0n) is 11.7. The minimum absolute atomic E-state index is 0.0356. The summed E-state index contributed by atoms with van der Waals surface area (Å²) in [4.78, 5) is 0.0356. The van der Waals surface area contributed by atoms with Crippen LogP contribution in [-0.4, -0.2) is 22.0 Å². The van der Waals surface area contributed by atoms with Crippen LogP contribution in [0.2, 0.25) is 10.0 Å². The molecule has 0 amide bonds. The summed E-state index contributed by atoms with van der Waals surface area (Å²) in [6.45, 7) is 2.92. The first-order valence-electron chi connectivity index (χ1n) is 6.54. The average Bonchev–Trinajstić information content (AvgIpc) is 2.39. The number of sulfonamides is 1. The van der Waals surface area contributed by atoms with Crippen molar-refractivity contribution in [2.75, 3.05) is 13.6 Å². The van der Waals surface area contributed by atoms with E-state index in [1.54, 1.807) is 13.1 Å². The van der Waals surface area contributed by atoms with Crippen molar-refractivity contribution in [3.8, 4) is 0 Å². The summed E-state index contributed by atoms with van der Waals surface area (Å²) in [5, 5.41) is 3.50. The van der Waals surface area contributed by atoms with Crippen LogP contribution < -0.4 is 10.0 Å². The molecule has 7 heteroatoms. The Morgan fingerprint density at radius 3 is 2.50 bits per heavy atom. The van der Waals surface area contributed by atoms with Gasteiger partial charge >= 0.3 is 0 Å². The van der Waals surface area contributed by atoms with Gasteiger partial charge in [0.1, 0.15) is 4.90 Å². The number of rotatable bonds is 8. The largest absolute Gasteiger partial charge is 0.316 e. The van der Waals surface area contributed by atoms with Gasteiger partial charge in [-0.15, -0.1) is 0 Å². The molecule has 4 nitrogen and oxygen atoms in total. The highest BCUT2D eigenvalue weighted by Gasteiger charge is 2.20. The number of hydrogen-bond acceptors (Lipinski definition) is 3. The summed E-state index contributed by atoms with van der Waals surface area (Å²) in [5.74, 6) is 0. The van der Waals surface area contributed by atoms with Crippen LogP contribution in [0.5, 0.6) is 0 Å². The van der Waals surface area contributed by atoms with E-state index in [0.717, 1.165) is 19.3 Å². The zero-order valence-corrected chi connectivity index (χ0v) is 14.0. The molecule has 0 atom stereocenters. The molecule has 0 saturated heterocycles. The predicted octanol–water partition coefficient (Wildman–Crippen LogP) is 3.18. The summed E-state index contributed by atoms with van der Waals surface area (Å²) in [5.41, 5.74) is 0.663. The lowest BCUT2D eigenvalue weighted by Crippen LogP contribution is -2.25. The Morgan fingerprint density at radius 2 is 1.90 bits per heavy atom. The van der Waals surface area contributed by atoms with E-state index in [4.69, 9.17) is 23.2 Å². The molecule has 0 radical (unpaired) electrons. The molecule has 114 valence electrons. The third kappa shape index (κ3) is 4.90. The van der Waals surface area contributed by atoms with Gasteiger partial charge in [0.15, 0.2) is 0 Å². The van der Waals surface area contributed by atoms with E-state index in [1.807, 2.05) is 0 Å². The summed E-state index contributed by atoms with van der Waals surface area (Å²) in [6.07, 6.45) is 2.82. The van der Waals surface area contributed by atoms with Crippen LogP contribution in [0.25, 0.3) is 0 Å². The molecule has 0 aliphatic heterocycles. The molecule has 1 aromatic carbocycles. The molecule has 0 aliphatic carbocycles. The molecule has 0 saturated carbocycles. The van der Waals surface area contributed by atoms with Gasteiger partial charge < -0.3 is 5.32 Å². The topological polar surface area (TPSA) is 58.2 Å². The minimum atomic E-state index is -3.63. The molecular weight excluding hydrogens is 319 g/mol. The molecule has 20 heavy (non-hydrogen) atoms. The summed E-state index contributed by atoms with van der Waals surface area (Å²) in [7, 11) is -1.87. The Labute approximate surface area is 130 Å². The highest BCUT2D eigenvalue weighted by Crippen LogP contribution is 2.29. The average molecular weight is 339 g/mol. The summed E-state index contributed by atoms with van der Waals surface area (Å²) < 4.78 is 27.1. The second-order valence-electron chi connectivity index (χ2n) is 4.51. The monoisotopic (exact) mass is 338 g/mol. The van der Waals surface area contributed by atoms with Gasteiger partial charge in [-0.05, 0) is 31.2 Å². The summed E-state index contributed by atoms with van der Waals surface area (Å²) in [6, 6.07) is 3.04. The number of hydrogen-bond donors (Lipinski definition) is 2. The van der Waals surface area contributed by atoms with Crippen LogP contribution in [-0.2, 0) is 16.6 Å². The molecule has 0 bridgehead atoms. The standard InChI is InChI=1S/C13H20Cl2N2O2S/c1-3-4-5-6-17-20(18,19)12-8-11(14)7-10(9-16-2)13(12)15/h7-8,16-17H,3-6,9H2,1-2H3. The van der Waals surface area contributed by atoms with Crippen LogP contribution >= 0.6 is 23.2 Å². The van der Waals surface area contributed by atoms with E-state index < -0.39 is 10.0 Å². The molecular formula is C13H20Cl2N2O2S. The third-order valence-electron chi connectivity index (χ3n) is 2.81. The predicted molar refractivity (Wildman–Crippen MR) is 83.9 cm³/mol. The molecule has 1 aromatic rings. The van der Waals surface area contributed by atoms with Crippen molar-refractivity contribution in [2.45, 2.75) is 37.6 Å². The van der Waals surface area contributed by atoms with E-state index >= 15 is 0 Å². The summed E-state index contributed by atoms with van der Waals surface area (Å²) >= 11 is 12.1. The van der Waals surface area contributed by atoms with E-state index in [1.165, 1.54) is 6.07 Å². The Bertz CT molecular complexity index is 548. The maximum absolute atomic E-state index is 12.3. The smallest absolute Gasteiger partial charge is 0.242 e. The second-order valence-corrected chi connectivity index (χ2v) is 7.06. The van der Waals surface area contributed by atoms with Gasteiger partial charge in [-0.3, -0.25) is 0 Å². The SMILES string of the molecule is CCCCCNS(=O)(=O)c1cc(Cl)cc(CNC)c1Cl. The number of halogens is 2. The lowest BCUT2D eigenvalue weighted by atomic mass is 10.2. The normalized spacial score (nSPS) is 11.8. The minimum Gasteiger partial charge on any atom is -0.316 e. The fourth-order valence-corrected chi connectivity index (χ4v) is 3.80. The molecule has 2 N–H and O–H groups in total. The Kier molecular flexibility index (Phi) is 7.26. The van der Waals surface area contributed by atoms with Crippen molar-refractivity contribution in [3.63, 3.8) is 0 Å². The first kappa shape index (κ1) is 17.7. The van der Waals surface area contributed by atoms with Crippen molar-refractivity contribution in [1.82, 2.24) is 10.0 Å². The lowest BCUT2D eigenvalue weighted by Gasteiger charge is -2.12. The van der Waals surface area contributed by atoms with Gasteiger partial charge in [0.2, 0.25) is 10.0 Å². The van der Waals surface area contributed by atoms with Gasteiger partial charge in [0.05, 0.1) is 5.02 Å². The fourth-order valence-electron chi connectivity index (χ4n) is 1.79. The maximum Gasteiger partial charge on any atom is 0.242 e. The Balaban J connectivity index is 2.99. The van der Waals surface area contributed by atoms with Crippen LogP contribution in [0.4, 0.5) is 0 Å². The number of unbranched alkanes of at least 4 members (excludes halogenated alkanes) is 2. The van der Waals surface area contributed by atoms with Crippen LogP contribution in [0.15, 0.2) is 17.0 Å². The fraction of sp³-hybridized carbons (Fsp3) is 0.538. The van der Waals surface area contributed by atoms with Crippen molar-refractivity contribution >= 4 is 33.2 Å². The van der Waals surface area contributed by atoms with Gasteiger partial charge in [-0.25, -0.2) is 13.1 Å². The number of nitrogens with one attached hydrogen (secondary N) is 2. The molecule has 1 rings (SSSR count). The molecule has 0 spiro atoms. The quantitative estimate of drug-likeness (QED) is 0.715. The van der Waals surface area contributed by atoms with E-state index in [9.17, 15) is 8.42 Å². The first-order chi connectivity index (χ1) is 9.42. The van der Waals surface area contributed by atoms with Gasteiger partial charge in [0.25, 0.3) is 0 Å². The highest BCUT2D eigenvalue weighted by molar-refractivity contribution is 7.89. The first-order valence-corrected chi connectivity index (χ1v) is 8.78. The van der Waals surface area contributed by atoms with Gasteiger partial charge in [-0.2, -0.15) is 0 Å². The van der Waals surface area contributed by atoms with Crippen molar-refractivity contribution in [3.05, 3.63) is 27.7 Å². The van der Waals surface area contributed by atoms with E-state index in [-0.39, 0.29) is 9.92 Å². The van der Waals surface area contributed by atoms with Crippen LogP contribution in [0.1, 0.15) is 31.7 Å². The maximum atomic E-state index is 12.3. The molecule has 0 heterocycles. The van der Waals surface area contributed by atoms with Gasteiger partial charge in [-0.1, -0.05) is 43.0 Å². The third-order valence-corrected chi connectivity index (χ3v) is 5.07. The van der Waals surface area contributed by atoms with Crippen molar-refractivity contribution in [2.24, 2.45) is 0 Å². The number of benzene rings is 1.